The van der Waals surface area contributed by atoms with Crippen molar-refractivity contribution in [3.8, 4) is 0 Å². The van der Waals surface area contributed by atoms with Gasteiger partial charge in [-0.2, -0.15) is 4.98 Å². The van der Waals surface area contributed by atoms with Crippen molar-refractivity contribution in [1.82, 2.24) is 25.3 Å². The van der Waals surface area contributed by atoms with E-state index in [-0.39, 0.29) is 42.4 Å². The van der Waals surface area contributed by atoms with Crippen LogP contribution in [-0.2, 0) is 16.0 Å². The zero-order valence-electron chi connectivity index (χ0n) is 19.3. The van der Waals surface area contributed by atoms with Gasteiger partial charge >= 0.3 is 6.03 Å². The molecule has 1 aromatic carbocycles. The van der Waals surface area contributed by atoms with Gasteiger partial charge in [-0.3, -0.25) is 4.79 Å². The van der Waals surface area contributed by atoms with E-state index in [1.165, 1.54) is 12.1 Å². The molecule has 10 heteroatoms. The summed E-state index contributed by atoms with van der Waals surface area (Å²) in [6, 6.07) is 6.49. The van der Waals surface area contributed by atoms with E-state index in [1.54, 1.807) is 6.92 Å². The number of hydrogen-bond acceptors (Lipinski definition) is 6. The number of hydrogen-bond donors (Lipinski definition) is 1. The number of benzene rings is 1. The molecule has 2 aromatic rings. The van der Waals surface area contributed by atoms with Crippen molar-refractivity contribution < 1.29 is 23.2 Å². The second-order valence-electron chi connectivity index (χ2n) is 9.46. The van der Waals surface area contributed by atoms with Gasteiger partial charge in [-0.15, -0.1) is 0 Å². The lowest BCUT2D eigenvalue weighted by Gasteiger charge is -2.44. The zero-order valence-corrected chi connectivity index (χ0v) is 19.3. The molecule has 1 N–H and O–H groups in total. The average molecular weight is 472 g/mol. The molecule has 4 heterocycles. The molecule has 9 nitrogen and oxygen atoms in total. The molecule has 3 amide bonds. The van der Waals surface area contributed by atoms with E-state index in [0.717, 1.165) is 24.8 Å². The summed E-state index contributed by atoms with van der Waals surface area (Å²) in [6.07, 6.45) is 2.96. The fourth-order valence-electron chi connectivity index (χ4n) is 5.44. The lowest BCUT2D eigenvalue weighted by Crippen LogP contribution is -2.62. The molecule has 3 aliphatic heterocycles. The Kier molecular flexibility index (Phi) is 6.49. The maximum Gasteiger partial charge on any atom is 0.320 e. The Morgan fingerprint density at radius 3 is 2.62 bits per heavy atom. The Balaban J connectivity index is 1.22. The number of morpholine rings is 1. The quantitative estimate of drug-likeness (QED) is 0.734. The smallest absolute Gasteiger partial charge is 0.320 e. The molecule has 1 aromatic heterocycles. The van der Waals surface area contributed by atoms with E-state index in [2.05, 4.69) is 15.5 Å². The maximum absolute atomic E-state index is 13.5. The van der Waals surface area contributed by atoms with Crippen LogP contribution in [0.15, 0.2) is 28.8 Å². The highest BCUT2D eigenvalue weighted by Gasteiger charge is 2.38. The number of halogens is 1. The Labute approximate surface area is 197 Å². The van der Waals surface area contributed by atoms with Crippen LogP contribution in [0, 0.1) is 18.7 Å². The van der Waals surface area contributed by atoms with Gasteiger partial charge in [0.05, 0.1) is 12.1 Å². The van der Waals surface area contributed by atoms with Gasteiger partial charge in [0.2, 0.25) is 11.8 Å². The molecule has 3 saturated heterocycles. The third-order valence-electron chi connectivity index (χ3n) is 7.24. The van der Waals surface area contributed by atoms with Gasteiger partial charge in [0.25, 0.3) is 0 Å². The van der Waals surface area contributed by atoms with Crippen LogP contribution in [-0.4, -0.2) is 76.8 Å². The monoisotopic (exact) mass is 471 g/mol. The topological polar surface area (TPSA) is 101 Å². The van der Waals surface area contributed by atoms with Crippen molar-refractivity contribution in [3.63, 3.8) is 0 Å². The minimum Gasteiger partial charge on any atom is -0.366 e. The number of aromatic nitrogens is 2. The van der Waals surface area contributed by atoms with Crippen LogP contribution in [0.5, 0.6) is 0 Å². The van der Waals surface area contributed by atoms with Gasteiger partial charge in [-0.05, 0) is 55.7 Å². The number of ether oxygens (including phenoxy) is 1. The first-order chi connectivity index (χ1) is 16.5. The predicted molar refractivity (Wildman–Crippen MR) is 119 cm³/mol. The van der Waals surface area contributed by atoms with Gasteiger partial charge in [-0.1, -0.05) is 17.3 Å². The molecule has 1 unspecified atom stereocenters. The molecular weight excluding hydrogens is 441 g/mol. The molecule has 0 bridgehead atoms. The van der Waals surface area contributed by atoms with Gasteiger partial charge < -0.3 is 24.4 Å². The molecule has 0 spiro atoms. The summed E-state index contributed by atoms with van der Waals surface area (Å²) in [5.74, 6) is 1.18. The third-order valence-corrected chi connectivity index (χ3v) is 7.24. The number of carbonyl (C=O) groups is 2. The minimum absolute atomic E-state index is 0.0163. The molecule has 3 aliphatic rings. The van der Waals surface area contributed by atoms with Crippen LogP contribution in [0.4, 0.5) is 9.18 Å². The number of piperidine rings is 2. The Bertz CT molecular complexity index is 1020. The second kappa shape index (κ2) is 9.69. The number of fused-ring (bicyclic) bond motifs is 1. The van der Waals surface area contributed by atoms with E-state index < -0.39 is 0 Å². The van der Waals surface area contributed by atoms with Crippen molar-refractivity contribution in [2.24, 2.45) is 5.92 Å². The number of rotatable bonds is 4. The van der Waals surface area contributed by atoms with Crippen molar-refractivity contribution in [1.29, 1.82) is 0 Å². The fraction of sp³-hybridized carbons (Fsp3) is 0.583. The molecule has 3 atom stereocenters. The van der Waals surface area contributed by atoms with E-state index in [4.69, 9.17) is 9.26 Å². The number of urea groups is 1. The summed E-state index contributed by atoms with van der Waals surface area (Å²) < 4.78 is 24.5. The van der Waals surface area contributed by atoms with Crippen LogP contribution < -0.4 is 5.32 Å². The molecule has 0 radical (unpaired) electrons. The van der Waals surface area contributed by atoms with E-state index >= 15 is 0 Å². The normalized spacial score (nSPS) is 24.5. The lowest BCUT2D eigenvalue weighted by atomic mass is 9.78. The largest absolute Gasteiger partial charge is 0.366 e. The van der Waals surface area contributed by atoms with E-state index in [0.29, 0.717) is 50.2 Å². The first-order valence-electron chi connectivity index (χ1n) is 12.0. The second-order valence-corrected chi connectivity index (χ2v) is 9.46. The zero-order chi connectivity index (χ0) is 23.7. The third kappa shape index (κ3) is 4.91. The summed E-state index contributed by atoms with van der Waals surface area (Å²) in [5, 5.41) is 6.86. The highest BCUT2D eigenvalue weighted by molar-refractivity contribution is 5.79. The van der Waals surface area contributed by atoms with E-state index in [1.807, 2.05) is 21.9 Å². The first-order valence-corrected chi connectivity index (χ1v) is 12.0. The number of amides is 3. The Morgan fingerprint density at radius 1 is 1.18 bits per heavy atom. The first kappa shape index (κ1) is 22.8. The summed E-state index contributed by atoms with van der Waals surface area (Å²) in [4.78, 5) is 33.0. The molecular formula is C24H30FN5O4. The summed E-state index contributed by atoms with van der Waals surface area (Å²) >= 11 is 0. The summed E-state index contributed by atoms with van der Waals surface area (Å²) in [6.45, 7) is 4.29. The number of aryl methyl sites for hydroxylation is 1. The van der Waals surface area contributed by atoms with Crippen molar-refractivity contribution in [2.75, 3.05) is 32.8 Å². The summed E-state index contributed by atoms with van der Waals surface area (Å²) in [5.41, 5.74) is 1.04. The molecule has 3 fully saturated rings. The van der Waals surface area contributed by atoms with Gasteiger partial charge in [-0.25, -0.2) is 9.18 Å². The van der Waals surface area contributed by atoms with Gasteiger partial charge in [0, 0.05) is 32.6 Å². The average Bonchev–Trinajstić information content (AvgIpc) is 3.27. The van der Waals surface area contributed by atoms with Gasteiger partial charge in [0.1, 0.15) is 12.4 Å². The van der Waals surface area contributed by atoms with E-state index in [9.17, 15) is 14.0 Å². The molecule has 5 rings (SSSR count). The number of likely N-dealkylation sites (tertiary alicyclic amines) is 2. The Morgan fingerprint density at radius 2 is 1.91 bits per heavy atom. The maximum atomic E-state index is 13.5. The van der Waals surface area contributed by atoms with Crippen LogP contribution >= 0.6 is 0 Å². The molecule has 34 heavy (non-hydrogen) atoms. The predicted octanol–water partition coefficient (Wildman–Crippen LogP) is 2.26. The lowest BCUT2D eigenvalue weighted by molar-refractivity contribution is -0.139. The molecule has 0 saturated carbocycles. The van der Waals surface area contributed by atoms with Crippen LogP contribution in [0.2, 0.25) is 0 Å². The van der Waals surface area contributed by atoms with Crippen molar-refractivity contribution in [2.45, 2.75) is 50.7 Å². The van der Waals surface area contributed by atoms with Crippen LogP contribution in [0.1, 0.15) is 42.5 Å². The van der Waals surface area contributed by atoms with Gasteiger partial charge in [0.15, 0.2) is 5.82 Å². The summed E-state index contributed by atoms with van der Waals surface area (Å²) in [7, 11) is 0. The van der Waals surface area contributed by atoms with Crippen LogP contribution in [0.25, 0.3) is 0 Å². The highest BCUT2D eigenvalue weighted by Crippen LogP contribution is 2.36. The molecule has 0 aliphatic carbocycles. The fourth-order valence-corrected chi connectivity index (χ4v) is 5.44. The SMILES string of the molecule is Cc1noc(CC(c2ccc(F)cc2)C2CCN(C(=O)N3CC[C@@H]4OCC(=O)N[C@@H]4C3)CC2)n1. The van der Waals surface area contributed by atoms with Crippen molar-refractivity contribution in [3.05, 3.63) is 47.4 Å². The van der Waals surface area contributed by atoms with Crippen molar-refractivity contribution >= 4 is 11.9 Å². The highest BCUT2D eigenvalue weighted by atomic mass is 19.1. The number of nitrogens with one attached hydrogen (secondary N) is 1. The standard InChI is InChI=1S/C24H30FN5O4/c1-15-26-23(34-28-15)12-19(16-2-4-18(25)5-3-16)17-6-9-29(10-7-17)24(32)30-11-8-21-20(13-30)27-22(31)14-33-21/h2-5,17,19-21H,6-14H2,1H3,(H,27,31)/t19?,20-,21+/m1/s1. The number of carbonyl (C=O) groups excluding carboxylic acids is 2. The molecule has 182 valence electrons. The Hall–Kier alpha value is -3.01. The number of nitrogens with zero attached hydrogens (tertiary/aromatic N) is 4. The van der Waals surface area contributed by atoms with Crippen LogP contribution in [0.3, 0.4) is 0 Å². The minimum atomic E-state index is -0.264.